The highest BCUT2D eigenvalue weighted by atomic mass is 32.2. The molecule has 0 radical (unpaired) electrons. The number of aromatic nitrogens is 3. The van der Waals surface area contributed by atoms with E-state index in [9.17, 15) is 8.42 Å². The van der Waals surface area contributed by atoms with E-state index in [0.717, 1.165) is 11.4 Å². The highest BCUT2D eigenvalue weighted by Gasteiger charge is 2.13. The molecule has 0 bridgehead atoms. The predicted octanol–water partition coefficient (Wildman–Crippen LogP) is 0.120. The summed E-state index contributed by atoms with van der Waals surface area (Å²) in [5.74, 6) is -0.175. The van der Waals surface area contributed by atoms with E-state index in [1.807, 2.05) is 13.8 Å². The molecule has 0 atom stereocenters. The zero-order valence-electron chi connectivity index (χ0n) is 10.5. The van der Waals surface area contributed by atoms with Gasteiger partial charge in [-0.1, -0.05) is 13.8 Å². The fraction of sp³-hybridized carbons (Fsp3) is 0.700. The second-order valence-electron chi connectivity index (χ2n) is 3.73. The molecule has 0 saturated heterocycles. The van der Waals surface area contributed by atoms with Gasteiger partial charge in [0.15, 0.2) is 0 Å². The summed E-state index contributed by atoms with van der Waals surface area (Å²) in [6.07, 6.45) is 1.56. The molecule has 0 spiro atoms. The Balaban J connectivity index is 2.85. The molecule has 7 nitrogen and oxygen atoms in total. The van der Waals surface area contributed by atoms with Crippen LogP contribution >= 0.6 is 0 Å². The molecule has 1 aromatic rings. The molecule has 0 aromatic carbocycles. The van der Waals surface area contributed by atoms with Gasteiger partial charge in [-0.25, -0.2) is 18.1 Å². The molecular formula is C10H18N4O3S. The van der Waals surface area contributed by atoms with Crippen molar-refractivity contribution >= 4 is 16.0 Å². The number of nitrogens with zero attached hydrogens (tertiary/aromatic N) is 3. The van der Waals surface area contributed by atoms with Crippen molar-refractivity contribution in [2.45, 2.75) is 33.1 Å². The molecule has 0 amide bonds. The van der Waals surface area contributed by atoms with Gasteiger partial charge >= 0.3 is 0 Å². The van der Waals surface area contributed by atoms with Crippen molar-refractivity contribution in [3.05, 3.63) is 11.4 Å². The largest absolute Gasteiger partial charge is 0.396 e. The lowest BCUT2D eigenvalue weighted by Crippen LogP contribution is -2.20. The Bertz CT molecular complexity index is 490. The quantitative estimate of drug-likeness (QED) is 0.731. The van der Waals surface area contributed by atoms with Crippen LogP contribution in [0.4, 0.5) is 5.95 Å². The van der Waals surface area contributed by atoms with Gasteiger partial charge in [-0.2, -0.15) is 0 Å². The first-order chi connectivity index (χ1) is 8.52. The van der Waals surface area contributed by atoms with Crippen LogP contribution in [0.1, 0.15) is 31.7 Å². The molecule has 0 aliphatic rings. The Morgan fingerprint density at radius 3 is 2.39 bits per heavy atom. The van der Waals surface area contributed by atoms with Gasteiger partial charge in [0.25, 0.3) is 5.95 Å². The summed E-state index contributed by atoms with van der Waals surface area (Å²) in [4.78, 5) is 4.13. The average Bonchev–Trinajstić information content (AvgIpc) is 2.35. The van der Waals surface area contributed by atoms with Gasteiger partial charge < -0.3 is 5.11 Å². The van der Waals surface area contributed by atoms with Crippen molar-refractivity contribution in [3.8, 4) is 0 Å². The van der Waals surface area contributed by atoms with Crippen molar-refractivity contribution < 1.29 is 13.5 Å². The highest BCUT2D eigenvalue weighted by Crippen LogP contribution is 2.08. The minimum absolute atomic E-state index is 0.0120. The molecule has 1 heterocycles. The fourth-order valence-corrected chi connectivity index (χ4v) is 2.40. The highest BCUT2D eigenvalue weighted by molar-refractivity contribution is 7.92. The van der Waals surface area contributed by atoms with Gasteiger partial charge in [0.1, 0.15) is 0 Å². The Kier molecular flexibility index (Phi) is 5.42. The normalized spacial score (nSPS) is 11.5. The summed E-state index contributed by atoms with van der Waals surface area (Å²) in [5.41, 5.74) is 1.52. The van der Waals surface area contributed by atoms with Crippen molar-refractivity contribution in [1.82, 2.24) is 15.2 Å². The topological polar surface area (TPSA) is 105 Å². The summed E-state index contributed by atoms with van der Waals surface area (Å²) in [7, 11) is -3.52. The number of rotatable bonds is 7. The van der Waals surface area contributed by atoms with Gasteiger partial charge in [-0.3, -0.25) is 0 Å². The minimum atomic E-state index is -3.52. The zero-order valence-corrected chi connectivity index (χ0v) is 11.4. The van der Waals surface area contributed by atoms with Gasteiger partial charge in [0.2, 0.25) is 10.0 Å². The molecule has 1 aromatic heterocycles. The van der Waals surface area contributed by atoms with Crippen LogP contribution < -0.4 is 4.72 Å². The molecule has 102 valence electrons. The van der Waals surface area contributed by atoms with E-state index in [4.69, 9.17) is 5.11 Å². The number of aryl methyl sites for hydroxylation is 2. The van der Waals surface area contributed by atoms with Crippen LogP contribution in [0.15, 0.2) is 0 Å². The van der Waals surface area contributed by atoms with Gasteiger partial charge in [0, 0.05) is 6.61 Å². The van der Waals surface area contributed by atoms with Crippen LogP contribution in [0.5, 0.6) is 0 Å². The smallest absolute Gasteiger partial charge is 0.256 e. The maximum atomic E-state index is 11.6. The number of anilines is 1. The molecule has 0 aliphatic carbocycles. The van der Waals surface area contributed by atoms with E-state index in [0.29, 0.717) is 12.8 Å². The van der Waals surface area contributed by atoms with Crippen molar-refractivity contribution in [3.63, 3.8) is 0 Å². The first kappa shape index (κ1) is 14.8. The van der Waals surface area contributed by atoms with E-state index >= 15 is 0 Å². The van der Waals surface area contributed by atoms with E-state index < -0.39 is 10.0 Å². The first-order valence-electron chi connectivity index (χ1n) is 5.86. The third kappa shape index (κ3) is 4.19. The minimum Gasteiger partial charge on any atom is -0.396 e. The summed E-state index contributed by atoms with van der Waals surface area (Å²) in [6, 6.07) is 0. The summed E-state index contributed by atoms with van der Waals surface area (Å²) in [5, 5.41) is 16.3. The number of aliphatic hydroxyl groups is 1. The number of nitrogens with one attached hydrogen (secondary N) is 1. The summed E-state index contributed by atoms with van der Waals surface area (Å²) in [6.45, 7) is 3.69. The molecule has 8 heteroatoms. The molecular weight excluding hydrogens is 256 g/mol. The Labute approximate surface area is 107 Å². The van der Waals surface area contributed by atoms with Gasteiger partial charge in [-0.05, 0) is 19.3 Å². The number of hydrogen-bond acceptors (Lipinski definition) is 6. The molecule has 18 heavy (non-hydrogen) atoms. The maximum absolute atomic E-state index is 11.6. The first-order valence-corrected chi connectivity index (χ1v) is 7.51. The fourth-order valence-electron chi connectivity index (χ4n) is 1.43. The number of hydrogen-bond donors (Lipinski definition) is 2. The molecule has 2 N–H and O–H groups in total. The van der Waals surface area contributed by atoms with Crippen LogP contribution in [0.25, 0.3) is 0 Å². The van der Waals surface area contributed by atoms with Crippen molar-refractivity contribution in [1.29, 1.82) is 0 Å². The Hall–Kier alpha value is -1.28. The maximum Gasteiger partial charge on any atom is 0.256 e. The van der Waals surface area contributed by atoms with Gasteiger partial charge in [0.05, 0.1) is 17.1 Å². The number of aliphatic hydroxyl groups excluding tert-OH is 1. The standard InChI is InChI=1S/C10H18N4O3S/c1-3-8-9(4-2)12-13-10(11-8)14-18(16,17)7-5-6-15/h15H,3-7H2,1-2H3,(H,11,13,14). The Morgan fingerprint density at radius 2 is 1.83 bits per heavy atom. The lowest BCUT2D eigenvalue weighted by molar-refractivity contribution is 0.295. The predicted molar refractivity (Wildman–Crippen MR) is 67.7 cm³/mol. The third-order valence-corrected chi connectivity index (χ3v) is 3.65. The molecule has 1 rings (SSSR count). The summed E-state index contributed by atoms with van der Waals surface area (Å²) >= 11 is 0. The van der Waals surface area contributed by atoms with E-state index in [1.54, 1.807) is 0 Å². The number of sulfonamides is 1. The molecule has 0 saturated carbocycles. The van der Waals surface area contributed by atoms with Gasteiger partial charge in [-0.15, -0.1) is 10.2 Å². The third-order valence-electron chi connectivity index (χ3n) is 2.33. The van der Waals surface area contributed by atoms with E-state index in [1.165, 1.54) is 0 Å². The Morgan fingerprint density at radius 1 is 1.17 bits per heavy atom. The van der Waals surface area contributed by atoms with Crippen LogP contribution in [0.2, 0.25) is 0 Å². The van der Waals surface area contributed by atoms with Crippen LogP contribution in [-0.4, -0.2) is 41.1 Å². The monoisotopic (exact) mass is 274 g/mol. The lowest BCUT2D eigenvalue weighted by Gasteiger charge is -2.08. The van der Waals surface area contributed by atoms with Crippen molar-refractivity contribution in [2.75, 3.05) is 17.1 Å². The summed E-state index contributed by atoms with van der Waals surface area (Å²) < 4.78 is 25.4. The second-order valence-corrected chi connectivity index (χ2v) is 5.58. The van der Waals surface area contributed by atoms with Crippen LogP contribution in [0, 0.1) is 0 Å². The van der Waals surface area contributed by atoms with E-state index in [2.05, 4.69) is 19.9 Å². The molecule has 0 fully saturated rings. The lowest BCUT2D eigenvalue weighted by atomic mass is 10.2. The molecule has 0 unspecified atom stereocenters. The zero-order chi connectivity index (χ0) is 13.6. The SMILES string of the molecule is CCc1nnc(NS(=O)(=O)CCCO)nc1CC. The van der Waals surface area contributed by atoms with Crippen LogP contribution in [0.3, 0.4) is 0 Å². The van der Waals surface area contributed by atoms with Crippen molar-refractivity contribution in [2.24, 2.45) is 0 Å². The van der Waals surface area contributed by atoms with E-state index in [-0.39, 0.29) is 24.7 Å². The molecule has 0 aliphatic heterocycles. The second kappa shape index (κ2) is 6.60. The van der Waals surface area contributed by atoms with Crippen LogP contribution in [-0.2, 0) is 22.9 Å². The average molecular weight is 274 g/mol.